The molecule has 0 bridgehead atoms. The van der Waals surface area contributed by atoms with Crippen LogP contribution >= 0.6 is 12.2 Å². The van der Waals surface area contributed by atoms with Crippen molar-refractivity contribution in [2.45, 2.75) is 26.8 Å². The third-order valence-electron chi connectivity index (χ3n) is 1.71. The highest BCUT2D eigenvalue weighted by atomic mass is 32.1. The fourth-order valence-corrected chi connectivity index (χ4v) is 1.29. The van der Waals surface area contributed by atoms with Gasteiger partial charge in [-0.15, -0.1) is 5.10 Å². The number of thiocarbonyl (C=S) groups is 1. The first kappa shape index (κ1) is 9.12. The minimum atomic E-state index is 0.326. The van der Waals surface area contributed by atoms with Gasteiger partial charge in [0.1, 0.15) is 10.7 Å². The quantitative estimate of drug-likeness (QED) is 0.695. The van der Waals surface area contributed by atoms with Crippen LogP contribution in [0.2, 0.25) is 0 Å². The molecule has 0 aliphatic rings. The summed E-state index contributed by atoms with van der Waals surface area (Å²) in [6.45, 7) is 4.85. The molecule has 0 unspecified atom stereocenters. The monoisotopic (exact) mass is 184 g/mol. The Morgan fingerprint density at radius 3 is 2.67 bits per heavy atom. The van der Waals surface area contributed by atoms with Crippen LogP contribution < -0.4 is 5.73 Å². The summed E-state index contributed by atoms with van der Waals surface area (Å²) < 4.78 is 1.81. The molecule has 1 heterocycles. The topological polar surface area (TPSA) is 56.7 Å². The van der Waals surface area contributed by atoms with Crippen LogP contribution in [-0.2, 0) is 13.0 Å². The second-order valence-electron chi connectivity index (χ2n) is 2.42. The predicted octanol–water partition coefficient (Wildman–Crippen LogP) is 0.495. The molecule has 0 amide bonds. The smallest absolute Gasteiger partial charge is 0.143 e. The maximum absolute atomic E-state index is 5.47. The highest BCUT2D eigenvalue weighted by Gasteiger charge is 2.11. The average Bonchev–Trinajstić information content (AvgIpc) is 2.46. The number of hydrogen-bond acceptors (Lipinski definition) is 3. The number of aryl methyl sites for hydroxylation is 1. The van der Waals surface area contributed by atoms with Gasteiger partial charge in [0.15, 0.2) is 0 Å². The predicted molar refractivity (Wildman–Crippen MR) is 51.0 cm³/mol. The lowest BCUT2D eigenvalue weighted by atomic mass is 10.2. The Morgan fingerprint density at radius 1 is 1.58 bits per heavy atom. The summed E-state index contributed by atoms with van der Waals surface area (Å²) in [6, 6.07) is 0. The maximum atomic E-state index is 5.47. The van der Waals surface area contributed by atoms with E-state index in [1.807, 2.05) is 18.5 Å². The Labute approximate surface area is 76.8 Å². The van der Waals surface area contributed by atoms with E-state index in [1.165, 1.54) is 0 Å². The molecule has 0 radical (unpaired) electrons. The number of nitrogens with two attached hydrogens (primary N) is 1. The largest absolute Gasteiger partial charge is 0.388 e. The van der Waals surface area contributed by atoms with Gasteiger partial charge in [0.25, 0.3) is 0 Å². The molecule has 4 nitrogen and oxygen atoms in total. The summed E-state index contributed by atoms with van der Waals surface area (Å²) in [5.74, 6) is 0. The van der Waals surface area contributed by atoms with E-state index >= 15 is 0 Å². The van der Waals surface area contributed by atoms with E-state index in [0.717, 1.165) is 18.7 Å². The minimum absolute atomic E-state index is 0.326. The number of aromatic nitrogens is 3. The third kappa shape index (κ3) is 1.45. The Morgan fingerprint density at radius 2 is 2.25 bits per heavy atom. The number of rotatable bonds is 3. The van der Waals surface area contributed by atoms with Crippen molar-refractivity contribution in [2.24, 2.45) is 5.73 Å². The zero-order chi connectivity index (χ0) is 9.14. The first-order valence-corrected chi connectivity index (χ1v) is 4.33. The Balaban J connectivity index is 3.13. The minimum Gasteiger partial charge on any atom is -0.388 e. The standard InChI is InChI=1S/C7H12N4S/c1-3-5-6(7(8)12)9-10-11(5)4-2/h3-4H2,1-2H3,(H2,8,12). The maximum Gasteiger partial charge on any atom is 0.143 e. The van der Waals surface area contributed by atoms with E-state index in [9.17, 15) is 0 Å². The molecule has 0 saturated heterocycles. The molecule has 0 aliphatic carbocycles. The van der Waals surface area contributed by atoms with E-state index < -0.39 is 0 Å². The highest BCUT2D eigenvalue weighted by molar-refractivity contribution is 7.80. The molecule has 12 heavy (non-hydrogen) atoms. The lowest BCUT2D eigenvalue weighted by Crippen LogP contribution is -2.13. The van der Waals surface area contributed by atoms with Crippen LogP contribution in [0.15, 0.2) is 0 Å². The van der Waals surface area contributed by atoms with Gasteiger partial charge in [0.05, 0.1) is 5.69 Å². The first-order chi connectivity index (χ1) is 5.70. The summed E-state index contributed by atoms with van der Waals surface area (Å²) in [5.41, 5.74) is 7.15. The average molecular weight is 184 g/mol. The molecule has 0 aliphatic heterocycles. The molecule has 1 aromatic rings. The zero-order valence-corrected chi connectivity index (χ0v) is 8.06. The molecule has 0 aromatic carbocycles. The zero-order valence-electron chi connectivity index (χ0n) is 7.24. The summed E-state index contributed by atoms with van der Waals surface area (Å²) in [6.07, 6.45) is 0.855. The van der Waals surface area contributed by atoms with Crippen molar-refractivity contribution >= 4 is 17.2 Å². The summed E-state index contributed by atoms with van der Waals surface area (Å²) in [4.78, 5) is 0.326. The normalized spacial score (nSPS) is 10.2. The van der Waals surface area contributed by atoms with Crippen LogP contribution in [0.4, 0.5) is 0 Å². The van der Waals surface area contributed by atoms with E-state index in [4.69, 9.17) is 18.0 Å². The van der Waals surface area contributed by atoms with Crippen molar-refractivity contribution in [3.8, 4) is 0 Å². The van der Waals surface area contributed by atoms with Crippen LogP contribution in [0, 0.1) is 0 Å². The third-order valence-corrected chi connectivity index (χ3v) is 1.90. The van der Waals surface area contributed by atoms with Gasteiger partial charge in [0.2, 0.25) is 0 Å². The molecule has 0 fully saturated rings. The molecule has 0 saturated carbocycles. The molecule has 2 N–H and O–H groups in total. The van der Waals surface area contributed by atoms with Gasteiger partial charge >= 0.3 is 0 Å². The Bertz CT molecular complexity index is 292. The van der Waals surface area contributed by atoms with Crippen molar-refractivity contribution in [1.29, 1.82) is 0 Å². The Kier molecular flexibility index (Phi) is 2.75. The first-order valence-electron chi connectivity index (χ1n) is 3.92. The fraction of sp³-hybridized carbons (Fsp3) is 0.571. The van der Waals surface area contributed by atoms with Gasteiger partial charge < -0.3 is 5.73 Å². The van der Waals surface area contributed by atoms with Gasteiger partial charge in [-0.2, -0.15) is 0 Å². The summed E-state index contributed by atoms with van der Waals surface area (Å²) in [5, 5.41) is 7.83. The molecule has 66 valence electrons. The molecular weight excluding hydrogens is 172 g/mol. The summed E-state index contributed by atoms with van der Waals surface area (Å²) in [7, 11) is 0. The summed E-state index contributed by atoms with van der Waals surface area (Å²) >= 11 is 4.84. The molecule has 5 heteroatoms. The van der Waals surface area contributed by atoms with Crippen molar-refractivity contribution in [2.75, 3.05) is 0 Å². The number of nitrogens with zero attached hydrogens (tertiary/aromatic N) is 3. The lowest BCUT2D eigenvalue weighted by molar-refractivity contribution is 0.601. The van der Waals surface area contributed by atoms with Crippen molar-refractivity contribution in [1.82, 2.24) is 15.0 Å². The highest BCUT2D eigenvalue weighted by Crippen LogP contribution is 2.05. The van der Waals surface area contributed by atoms with Gasteiger partial charge in [-0.3, -0.25) is 0 Å². The molecular formula is C7H12N4S. The number of hydrogen-bond donors (Lipinski definition) is 1. The van der Waals surface area contributed by atoms with Gasteiger partial charge in [-0.25, -0.2) is 4.68 Å². The van der Waals surface area contributed by atoms with Crippen LogP contribution in [0.3, 0.4) is 0 Å². The molecule has 0 spiro atoms. The van der Waals surface area contributed by atoms with E-state index in [2.05, 4.69) is 10.3 Å². The molecule has 1 rings (SSSR count). The van der Waals surface area contributed by atoms with E-state index in [0.29, 0.717) is 10.7 Å². The second-order valence-corrected chi connectivity index (χ2v) is 2.86. The van der Waals surface area contributed by atoms with Crippen molar-refractivity contribution in [3.05, 3.63) is 11.4 Å². The fourth-order valence-electron chi connectivity index (χ4n) is 1.13. The van der Waals surface area contributed by atoms with Crippen molar-refractivity contribution < 1.29 is 0 Å². The van der Waals surface area contributed by atoms with Gasteiger partial charge in [-0.1, -0.05) is 24.4 Å². The van der Waals surface area contributed by atoms with Crippen LogP contribution in [-0.4, -0.2) is 20.0 Å². The Hall–Kier alpha value is -0.970. The van der Waals surface area contributed by atoms with Crippen molar-refractivity contribution in [3.63, 3.8) is 0 Å². The van der Waals surface area contributed by atoms with Gasteiger partial charge in [-0.05, 0) is 13.3 Å². The van der Waals surface area contributed by atoms with E-state index in [-0.39, 0.29) is 0 Å². The lowest BCUT2D eigenvalue weighted by Gasteiger charge is -2.00. The molecule has 1 aromatic heterocycles. The van der Waals surface area contributed by atoms with Gasteiger partial charge in [0, 0.05) is 6.54 Å². The molecule has 0 atom stereocenters. The SMILES string of the molecule is CCc1c(C(N)=S)nnn1CC. The second kappa shape index (κ2) is 3.62. The van der Waals surface area contributed by atoms with Crippen LogP contribution in [0.5, 0.6) is 0 Å². The van der Waals surface area contributed by atoms with Crippen LogP contribution in [0.1, 0.15) is 25.2 Å². The van der Waals surface area contributed by atoms with Crippen LogP contribution in [0.25, 0.3) is 0 Å². The van der Waals surface area contributed by atoms with E-state index in [1.54, 1.807) is 0 Å².